The number of phenols is 2. The Morgan fingerprint density at radius 3 is 0.842 bits per heavy atom. The molecule has 7 heteroatoms. The van der Waals surface area contributed by atoms with Gasteiger partial charge in [-0.1, -0.05) is 170 Å². The number of aliphatic imine (C=N–C) groups is 2. The van der Waals surface area contributed by atoms with Crippen molar-refractivity contribution in [1.29, 1.82) is 0 Å². The van der Waals surface area contributed by atoms with Crippen LogP contribution in [-0.2, 0) is 21.7 Å². The molecule has 0 aliphatic carbocycles. The minimum absolute atomic E-state index is 0. The summed E-state index contributed by atoms with van der Waals surface area (Å²) in [4.78, 5) is 8.97. The van der Waals surface area contributed by atoms with Gasteiger partial charge in [-0.3, -0.25) is 9.98 Å². The second kappa shape index (κ2) is 27.6. The van der Waals surface area contributed by atoms with Crippen LogP contribution in [0.2, 0.25) is 0 Å². The van der Waals surface area contributed by atoms with E-state index in [9.17, 15) is 0 Å². The van der Waals surface area contributed by atoms with Gasteiger partial charge in [0.1, 0.15) is 11.5 Å². The topological polar surface area (TPSA) is 65.2 Å². The van der Waals surface area contributed by atoms with Crippen LogP contribution in [0.1, 0.15) is 11.1 Å². The predicted molar refractivity (Wildman–Crippen MR) is 242 cm³/mol. The van der Waals surface area contributed by atoms with Crippen LogP contribution in [0.4, 0.5) is 11.4 Å². The fourth-order valence-corrected chi connectivity index (χ4v) is 5.04. The first-order chi connectivity index (χ1) is 26.6. The molecular weight excluding hydrogens is 779 g/mol. The molecule has 0 bridgehead atoms. The summed E-state index contributed by atoms with van der Waals surface area (Å²) >= 11 is 0. The molecule has 0 unspecified atom stereocenters. The zero-order chi connectivity index (χ0) is 37.5. The number of hydrogen-bond donors (Lipinski definition) is 2. The van der Waals surface area contributed by atoms with Gasteiger partial charge in [0.2, 0.25) is 0 Å². The first-order valence-corrected chi connectivity index (χ1v) is 17.6. The minimum atomic E-state index is 0. The summed E-state index contributed by atoms with van der Waals surface area (Å²) in [5, 5.41) is 17.3. The fraction of sp³-hybridized carbons (Fsp3) is 0. The fourth-order valence-electron chi connectivity index (χ4n) is 5.04. The zero-order valence-electron chi connectivity index (χ0n) is 31.2. The molecule has 8 rings (SSSR count). The summed E-state index contributed by atoms with van der Waals surface area (Å²) in [5.74, 6) is 0.644. The Morgan fingerprint density at radius 1 is 0.298 bits per heavy atom. The van der Waals surface area contributed by atoms with E-state index in [1.165, 1.54) is 22.3 Å². The second-order valence-electron chi connectivity index (χ2n) is 11.8. The predicted octanol–water partition coefficient (Wildman–Crippen LogP) is 13.8. The van der Waals surface area contributed by atoms with Gasteiger partial charge in [-0.25, -0.2) is 0 Å². The van der Waals surface area contributed by atoms with Gasteiger partial charge in [-0.05, 0) is 94.0 Å². The van der Waals surface area contributed by atoms with E-state index in [0.29, 0.717) is 11.5 Å². The standard InChI is InChI=1S/2C19H15N.2C6H6O.2ClH.Ti/c2*1-3-9-17(10-4-1)18-11-7-8-16(14-18)15-20-19-12-5-2-6-13-19;2*7-6-4-2-1-3-5-6;;;/h2*1-15H;2*1-5,7H;2*1H;. The maximum absolute atomic E-state index is 8.63. The molecule has 0 aromatic heterocycles. The summed E-state index contributed by atoms with van der Waals surface area (Å²) < 4.78 is 0. The van der Waals surface area contributed by atoms with Gasteiger partial charge >= 0.3 is 0 Å². The maximum atomic E-state index is 8.63. The van der Waals surface area contributed by atoms with Crippen molar-refractivity contribution in [3.8, 4) is 33.8 Å². The number of phenolic OH excluding ortho intramolecular Hbond substituents is 2. The van der Waals surface area contributed by atoms with Crippen molar-refractivity contribution >= 4 is 48.6 Å². The largest absolute Gasteiger partial charge is 0.508 e. The van der Waals surface area contributed by atoms with Crippen LogP contribution < -0.4 is 0 Å². The smallest absolute Gasteiger partial charge is 0.115 e. The number of rotatable bonds is 6. The summed E-state index contributed by atoms with van der Waals surface area (Å²) in [6.45, 7) is 0. The molecule has 2 N–H and O–H groups in total. The third kappa shape index (κ3) is 18.0. The van der Waals surface area contributed by atoms with E-state index < -0.39 is 0 Å². The average Bonchev–Trinajstić information content (AvgIpc) is 3.25. The number of hydrogen-bond acceptors (Lipinski definition) is 4. The summed E-state index contributed by atoms with van der Waals surface area (Å²) in [6, 6.07) is 75.0. The van der Waals surface area contributed by atoms with Crippen LogP contribution in [-0.4, -0.2) is 22.6 Å². The SMILES string of the molecule is C(=Nc1ccccc1)c1cccc(-c2ccccc2)c1.C(=Nc1ccccc1)c1cccc(-c2ccccc2)c1.Cl.Cl.Oc1ccccc1.Oc1ccccc1.[Ti]. The second-order valence-corrected chi connectivity index (χ2v) is 11.8. The van der Waals surface area contributed by atoms with E-state index in [1.54, 1.807) is 48.5 Å². The summed E-state index contributed by atoms with van der Waals surface area (Å²) in [5.41, 5.74) is 9.02. The van der Waals surface area contributed by atoms with Crippen molar-refractivity contribution < 1.29 is 31.9 Å². The normalized spacial score (nSPS) is 9.68. The first kappa shape index (κ1) is 47.1. The molecule has 0 aliphatic rings. The molecule has 0 atom stereocenters. The van der Waals surface area contributed by atoms with Crippen LogP contribution >= 0.6 is 24.8 Å². The van der Waals surface area contributed by atoms with Crippen molar-refractivity contribution in [2.75, 3.05) is 0 Å². The molecule has 8 aromatic carbocycles. The molecule has 0 saturated heterocycles. The molecule has 8 aromatic rings. The molecule has 0 heterocycles. The van der Waals surface area contributed by atoms with Crippen LogP contribution in [0, 0.1) is 0 Å². The monoisotopic (exact) mass is 822 g/mol. The molecule has 57 heavy (non-hydrogen) atoms. The molecule has 0 spiro atoms. The van der Waals surface area contributed by atoms with Gasteiger partial charge in [0.15, 0.2) is 0 Å². The van der Waals surface area contributed by atoms with E-state index in [0.717, 1.165) is 22.5 Å². The van der Waals surface area contributed by atoms with Crippen LogP contribution in [0.15, 0.2) is 241 Å². The van der Waals surface area contributed by atoms with Crippen LogP contribution in [0.5, 0.6) is 11.5 Å². The minimum Gasteiger partial charge on any atom is -0.508 e. The van der Waals surface area contributed by atoms with E-state index in [-0.39, 0.29) is 46.5 Å². The first-order valence-electron chi connectivity index (χ1n) is 17.6. The van der Waals surface area contributed by atoms with Crippen molar-refractivity contribution in [2.45, 2.75) is 0 Å². The molecule has 0 radical (unpaired) electrons. The van der Waals surface area contributed by atoms with E-state index in [4.69, 9.17) is 10.2 Å². The van der Waals surface area contributed by atoms with Gasteiger partial charge in [-0.15, -0.1) is 24.8 Å². The third-order valence-electron chi connectivity index (χ3n) is 7.74. The average molecular weight is 824 g/mol. The summed E-state index contributed by atoms with van der Waals surface area (Å²) in [7, 11) is 0. The Labute approximate surface area is 363 Å². The molecule has 4 nitrogen and oxygen atoms in total. The van der Waals surface area contributed by atoms with Crippen molar-refractivity contribution in [3.05, 3.63) is 242 Å². The van der Waals surface area contributed by atoms with Gasteiger partial charge in [-0.2, -0.15) is 0 Å². The van der Waals surface area contributed by atoms with Gasteiger partial charge in [0.05, 0.1) is 11.4 Å². The Morgan fingerprint density at radius 2 is 0.561 bits per heavy atom. The van der Waals surface area contributed by atoms with E-state index >= 15 is 0 Å². The third-order valence-corrected chi connectivity index (χ3v) is 7.74. The molecule has 0 aliphatic heterocycles. The quantitative estimate of drug-likeness (QED) is 0.130. The van der Waals surface area contributed by atoms with Crippen molar-refractivity contribution in [3.63, 3.8) is 0 Å². The molecule has 0 fully saturated rings. The van der Waals surface area contributed by atoms with Gasteiger partial charge in [0.25, 0.3) is 0 Å². The molecule has 284 valence electrons. The van der Waals surface area contributed by atoms with E-state index in [2.05, 4.69) is 107 Å². The number of para-hydroxylation sites is 4. The van der Waals surface area contributed by atoms with Crippen molar-refractivity contribution in [1.82, 2.24) is 0 Å². The van der Waals surface area contributed by atoms with Gasteiger partial charge < -0.3 is 10.2 Å². The molecule has 0 saturated carbocycles. The Bertz CT molecular complexity index is 2110. The number of halogens is 2. The summed E-state index contributed by atoms with van der Waals surface area (Å²) in [6.07, 6.45) is 3.81. The number of aromatic hydroxyl groups is 2. The van der Waals surface area contributed by atoms with Crippen LogP contribution in [0.3, 0.4) is 0 Å². The van der Waals surface area contributed by atoms with E-state index in [1.807, 2.05) is 97.4 Å². The molecule has 0 amide bonds. The number of benzene rings is 8. The Kier molecular flexibility index (Phi) is 22.8. The van der Waals surface area contributed by atoms with Gasteiger partial charge in [0, 0.05) is 34.1 Å². The van der Waals surface area contributed by atoms with Crippen molar-refractivity contribution in [2.24, 2.45) is 9.98 Å². The molecular formula is C50H44Cl2N2O2Ti. The van der Waals surface area contributed by atoms with Crippen LogP contribution in [0.25, 0.3) is 22.3 Å². The number of nitrogens with zero attached hydrogens (tertiary/aromatic N) is 2. The Hall–Kier alpha value is -6.01. The zero-order valence-corrected chi connectivity index (χ0v) is 34.4. The Balaban J connectivity index is 0.000000284. The maximum Gasteiger partial charge on any atom is 0.115 e.